The number of aromatic amines is 1. The van der Waals surface area contributed by atoms with Gasteiger partial charge in [-0.15, -0.1) is 0 Å². The lowest BCUT2D eigenvalue weighted by Gasteiger charge is -2.20. The molecule has 0 bridgehead atoms. The lowest BCUT2D eigenvalue weighted by atomic mass is 10.2. The van der Waals surface area contributed by atoms with Gasteiger partial charge in [0, 0.05) is 5.75 Å². The van der Waals surface area contributed by atoms with Gasteiger partial charge in [0.2, 0.25) is 0 Å². The summed E-state index contributed by atoms with van der Waals surface area (Å²) in [6, 6.07) is 11.9. The second-order valence-electron chi connectivity index (χ2n) is 4.95. The van der Waals surface area contributed by atoms with Crippen molar-refractivity contribution in [2.75, 3.05) is 13.2 Å². The molecule has 0 saturated carbocycles. The van der Waals surface area contributed by atoms with Crippen LogP contribution in [0.2, 0.25) is 5.02 Å². The molecule has 0 atom stereocenters. The first-order valence-corrected chi connectivity index (χ1v) is 8.31. The van der Waals surface area contributed by atoms with Gasteiger partial charge >= 0.3 is 0 Å². The van der Waals surface area contributed by atoms with Gasteiger partial charge in [-0.25, -0.2) is 4.98 Å². The first kappa shape index (κ1) is 13.8. The quantitative estimate of drug-likeness (QED) is 0.727. The highest BCUT2D eigenvalue weighted by Crippen LogP contribution is 2.39. The zero-order valence-electron chi connectivity index (χ0n) is 11.6. The molecular formula is C16H13ClN2O2S. The van der Waals surface area contributed by atoms with Crippen LogP contribution >= 0.6 is 23.4 Å². The molecule has 0 spiro atoms. The van der Waals surface area contributed by atoms with Crippen molar-refractivity contribution in [1.82, 2.24) is 9.97 Å². The third-order valence-electron chi connectivity index (χ3n) is 3.40. The van der Waals surface area contributed by atoms with Gasteiger partial charge in [-0.1, -0.05) is 35.5 Å². The SMILES string of the molecule is Clc1cc(CSc2nc3ccccc3[nH]2)cc2c1OCCO2. The van der Waals surface area contributed by atoms with Gasteiger partial charge in [0.25, 0.3) is 0 Å². The van der Waals surface area contributed by atoms with Gasteiger partial charge in [0.1, 0.15) is 13.2 Å². The number of rotatable bonds is 3. The van der Waals surface area contributed by atoms with Crippen molar-refractivity contribution < 1.29 is 9.47 Å². The van der Waals surface area contributed by atoms with Crippen molar-refractivity contribution in [2.24, 2.45) is 0 Å². The van der Waals surface area contributed by atoms with Crippen LogP contribution in [0.4, 0.5) is 0 Å². The minimum atomic E-state index is 0.541. The average molecular weight is 333 g/mol. The fourth-order valence-electron chi connectivity index (χ4n) is 2.40. The van der Waals surface area contributed by atoms with Crippen LogP contribution in [0, 0.1) is 0 Å². The Hall–Kier alpha value is -1.85. The minimum absolute atomic E-state index is 0.541. The number of imidazole rings is 1. The molecule has 0 unspecified atom stereocenters. The van der Waals surface area contributed by atoms with E-state index < -0.39 is 0 Å². The lowest BCUT2D eigenvalue weighted by molar-refractivity contribution is 0.171. The van der Waals surface area contributed by atoms with Crippen LogP contribution < -0.4 is 9.47 Å². The molecule has 1 aliphatic heterocycles. The summed E-state index contributed by atoms with van der Waals surface area (Å²) in [4.78, 5) is 7.86. The van der Waals surface area contributed by atoms with Crippen molar-refractivity contribution >= 4 is 34.4 Å². The summed E-state index contributed by atoms with van der Waals surface area (Å²) >= 11 is 7.89. The molecule has 1 aromatic heterocycles. The maximum atomic E-state index is 6.26. The first-order valence-electron chi connectivity index (χ1n) is 6.95. The highest BCUT2D eigenvalue weighted by molar-refractivity contribution is 7.98. The van der Waals surface area contributed by atoms with Crippen LogP contribution in [0.25, 0.3) is 11.0 Å². The molecule has 1 aliphatic rings. The topological polar surface area (TPSA) is 47.1 Å². The molecule has 6 heteroatoms. The molecule has 0 saturated heterocycles. The van der Waals surface area contributed by atoms with Gasteiger partial charge in [-0.05, 0) is 29.8 Å². The summed E-state index contributed by atoms with van der Waals surface area (Å²) < 4.78 is 11.1. The molecule has 4 nitrogen and oxygen atoms in total. The van der Waals surface area contributed by atoms with Gasteiger partial charge in [0.15, 0.2) is 16.7 Å². The second-order valence-corrected chi connectivity index (χ2v) is 6.32. The van der Waals surface area contributed by atoms with E-state index in [9.17, 15) is 0 Å². The Labute approximate surface area is 136 Å². The zero-order chi connectivity index (χ0) is 14.9. The highest BCUT2D eigenvalue weighted by Gasteiger charge is 2.16. The van der Waals surface area contributed by atoms with Gasteiger partial charge < -0.3 is 14.5 Å². The van der Waals surface area contributed by atoms with Crippen LogP contribution in [0.3, 0.4) is 0 Å². The third kappa shape index (κ3) is 2.62. The monoisotopic (exact) mass is 332 g/mol. The number of aromatic nitrogens is 2. The van der Waals surface area contributed by atoms with Crippen LogP contribution in [0.15, 0.2) is 41.6 Å². The molecule has 2 heterocycles. The summed E-state index contributed by atoms with van der Waals surface area (Å²) in [6.45, 7) is 1.10. The van der Waals surface area contributed by atoms with Crippen LogP contribution in [0.5, 0.6) is 11.5 Å². The number of benzene rings is 2. The number of nitrogens with zero attached hydrogens (tertiary/aromatic N) is 1. The summed E-state index contributed by atoms with van der Waals surface area (Å²) in [7, 11) is 0. The third-order valence-corrected chi connectivity index (χ3v) is 4.63. The predicted octanol–water partition coefficient (Wildman–Crippen LogP) is 4.28. The Bertz CT molecular complexity index is 801. The highest BCUT2D eigenvalue weighted by atomic mass is 35.5. The van der Waals surface area contributed by atoms with Crippen molar-refractivity contribution in [3.05, 3.63) is 47.0 Å². The maximum absolute atomic E-state index is 6.26. The number of halogens is 1. The number of hydrogen-bond acceptors (Lipinski definition) is 4. The summed E-state index contributed by atoms with van der Waals surface area (Å²) in [6.07, 6.45) is 0. The molecule has 4 rings (SSSR count). The predicted molar refractivity (Wildman–Crippen MR) is 88.1 cm³/mol. The standard InChI is InChI=1S/C16H13ClN2O2S/c17-11-7-10(8-14-15(11)21-6-5-20-14)9-22-16-18-12-3-1-2-4-13(12)19-16/h1-4,7-8H,5-6,9H2,(H,18,19). The molecular weight excluding hydrogens is 320 g/mol. The number of para-hydroxylation sites is 2. The normalized spacial score (nSPS) is 13.5. The number of ether oxygens (including phenoxy) is 2. The van der Waals surface area contributed by atoms with Gasteiger partial charge in [-0.2, -0.15) is 0 Å². The molecule has 22 heavy (non-hydrogen) atoms. The largest absolute Gasteiger partial charge is 0.486 e. The summed E-state index contributed by atoms with van der Waals surface area (Å²) in [5.74, 6) is 2.13. The number of fused-ring (bicyclic) bond motifs is 2. The van der Waals surface area contributed by atoms with Gasteiger partial charge in [0.05, 0.1) is 16.1 Å². The number of nitrogens with one attached hydrogen (secondary N) is 1. The molecule has 0 fully saturated rings. The second kappa shape index (κ2) is 5.74. The van der Waals surface area contributed by atoms with E-state index in [4.69, 9.17) is 21.1 Å². The van der Waals surface area contributed by atoms with E-state index in [2.05, 4.69) is 9.97 Å². The van der Waals surface area contributed by atoms with E-state index in [1.807, 2.05) is 36.4 Å². The summed E-state index contributed by atoms with van der Waals surface area (Å²) in [5.41, 5.74) is 3.11. The fraction of sp³-hybridized carbons (Fsp3) is 0.188. The van der Waals surface area contributed by atoms with Gasteiger partial charge in [-0.3, -0.25) is 0 Å². The molecule has 3 aromatic rings. The van der Waals surface area contributed by atoms with Crippen molar-refractivity contribution in [2.45, 2.75) is 10.9 Å². The van der Waals surface area contributed by atoms with Crippen LogP contribution in [0.1, 0.15) is 5.56 Å². The number of H-pyrrole nitrogens is 1. The Morgan fingerprint density at radius 3 is 2.95 bits per heavy atom. The molecule has 1 N–H and O–H groups in total. The minimum Gasteiger partial charge on any atom is -0.486 e. The lowest BCUT2D eigenvalue weighted by Crippen LogP contribution is -2.15. The molecule has 112 valence electrons. The zero-order valence-corrected chi connectivity index (χ0v) is 13.2. The fourth-order valence-corrected chi connectivity index (χ4v) is 3.50. The number of hydrogen-bond donors (Lipinski definition) is 1. The van der Waals surface area contributed by atoms with E-state index in [1.165, 1.54) is 0 Å². The van der Waals surface area contributed by atoms with Crippen LogP contribution in [-0.4, -0.2) is 23.2 Å². The Morgan fingerprint density at radius 1 is 1.18 bits per heavy atom. The molecule has 2 aromatic carbocycles. The molecule has 0 amide bonds. The van der Waals surface area contributed by atoms with Crippen molar-refractivity contribution in [3.8, 4) is 11.5 Å². The van der Waals surface area contributed by atoms with Crippen LogP contribution in [-0.2, 0) is 5.75 Å². The van der Waals surface area contributed by atoms with E-state index >= 15 is 0 Å². The maximum Gasteiger partial charge on any atom is 0.179 e. The smallest absolute Gasteiger partial charge is 0.179 e. The molecule has 0 radical (unpaired) electrons. The van der Waals surface area contributed by atoms with E-state index in [0.717, 1.165) is 33.3 Å². The first-order chi connectivity index (χ1) is 10.8. The van der Waals surface area contributed by atoms with E-state index in [0.29, 0.717) is 24.0 Å². The Morgan fingerprint density at radius 2 is 2.05 bits per heavy atom. The molecule has 0 aliphatic carbocycles. The average Bonchev–Trinajstić information content (AvgIpc) is 2.96. The Balaban J connectivity index is 1.55. The summed E-state index contributed by atoms with van der Waals surface area (Å²) in [5, 5.41) is 1.49. The van der Waals surface area contributed by atoms with E-state index in [-0.39, 0.29) is 0 Å². The van der Waals surface area contributed by atoms with Crippen molar-refractivity contribution in [3.63, 3.8) is 0 Å². The van der Waals surface area contributed by atoms with Crippen molar-refractivity contribution in [1.29, 1.82) is 0 Å². The number of thioether (sulfide) groups is 1. The Kier molecular flexibility index (Phi) is 3.60. The van der Waals surface area contributed by atoms with E-state index in [1.54, 1.807) is 11.8 Å².